The van der Waals surface area contributed by atoms with Gasteiger partial charge >= 0.3 is 5.97 Å². The number of carboxylic acid groups (broad SMARTS) is 1. The predicted molar refractivity (Wildman–Crippen MR) is 71.4 cm³/mol. The lowest BCUT2D eigenvalue weighted by Gasteiger charge is -2.38. The van der Waals surface area contributed by atoms with E-state index in [4.69, 9.17) is 11.6 Å². The van der Waals surface area contributed by atoms with Gasteiger partial charge in [-0.1, -0.05) is 18.5 Å². The molecule has 0 bridgehead atoms. The molecule has 1 aliphatic carbocycles. The first-order valence-electron chi connectivity index (χ1n) is 6.40. The van der Waals surface area contributed by atoms with E-state index >= 15 is 0 Å². The molecule has 1 fully saturated rings. The van der Waals surface area contributed by atoms with Crippen LogP contribution in [0.5, 0.6) is 0 Å². The number of hydrogen-bond donors (Lipinski definition) is 2. The molecule has 1 saturated carbocycles. The van der Waals surface area contributed by atoms with E-state index in [2.05, 4.69) is 5.32 Å². The first-order chi connectivity index (χ1) is 8.98. The summed E-state index contributed by atoms with van der Waals surface area (Å²) in [4.78, 5) is 23.5. The standard InChI is InChI=1S/C13H17ClN2O3/c1-2-6-16-8-9(14)7-10(16)11(17)15-13(12(18)19)4-3-5-13/h7-8H,2-6H2,1H3,(H,15,17)(H,18,19). The van der Waals surface area contributed by atoms with E-state index in [-0.39, 0.29) is 5.91 Å². The van der Waals surface area contributed by atoms with Crippen LogP contribution < -0.4 is 5.32 Å². The van der Waals surface area contributed by atoms with Gasteiger partial charge in [0, 0.05) is 12.7 Å². The van der Waals surface area contributed by atoms with Crippen molar-refractivity contribution in [3.63, 3.8) is 0 Å². The lowest BCUT2D eigenvalue weighted by molar-refractivity contribution is -0.148. The van der Waals surface area contributed by atoms with Crippen molar-refractivity contribution in [3.05, 3.63) is 23.0 Å². The maximum Gasteiger partial charge on any atom is 0.329 e. The third-order valence-electron chi connectivity index (χ3n) is 3.53. The number of rotatable bonds is 5. The van der Waals surface area contributed by atoms with Crippen LogP contribution in [0, 0.1) is 0 Å². The van der Waals surface area contributed by atoms with Crippen LogP contribution in [0.15, 0.2) is 12.3 Å². The lowest BCUT2D eigenvalue weighted by atomic mass is 9.76. The summed E-state index contributed by atoms with van der Waals surface area (Å²) in [5.74, 6) is -1.34. The lowest BCUT2D eigenvalue weighted by Crippen LogP contribution is -2.59. The van der Waals surface area contributed by atoms with Gasteiger partial charge in [-0.05, 0) is 31.7 Å². The monoisotopic (exact) mass is 284 g/mol. The molecule has 1 heterocycles. The topological polar surface area (TPSA) is 71.3 Å². The fourth-order valence-corrected chi connectivity index (χ4v) is 2.52. The summed E-state index contributed by atoms with van der Waals surface area (Å²) < 4.78 is 1.76. The molecule has 0 spiro atoms. The number of aliphatic carboxylic acids is 1. The van der Waals surface area contributed by atoms with Gasteiger partial charge in [0.05, 0.1) is 5.02 Å². The average Bonchev–Trinajstić information content (AvgIpc) is 2.64. The number of carbonyl (C=O) groups excluding carboxylic acids is 1. The van der Waals surface area contributed by atoms with E-state index in [0.29, 0.717) is 30.1 Å². The molecule has 0 atom stereocenters. The van der Waals surface area contributed by atoms with E-state index < -0.39 is 11.5 Å². The maximum atomic E-state index is 12.2. The number of nitrogens with zero attached hydrogens (tertiary/aromatic N) is 1. The van der Waals surface area contributed by atoms with Gasteiger partial charge < -0.3 is 15.0 Å². The molecular weight excluding hydrogens is 268 g/mol. The van der Waals surface area contributed by atoms with Gasteiger partial charge in [-0.2, -0.15) is 0 Å². The fourth-order valence-electron chi connectivity index (χ4n) is 2.30. The Kier molecular flexibility index (Phi) is 3.85. The van der Waals surface area contributed by atoms with Crippen LogP contribution in [-0.2, 0) is 11.3 Å². The highest BCUT2D eigenvalue weighted by molar-refractivity contribution is 6.31. The molecule has 1 aliphatic rings. The van der Waals surface area contributed by atoms with Crippen molar-refractivity contribution in [1.29, 1.82) is 0 Å². The van der Waals surface area contributed by atoms with E-state index in [1.54, 1.807) is 16.8 Å². The normalized spacial score (nSPS) is 16.7. The zero-order valence-corrected chi connectivity index (χ0v) is 11.5. The number of hydrogen-bond acceptors (Lipinski definition) is 2. The smallest absolute Gasteiger partial charge is 0.329 e. The first kappa shape index (κ1) is 13.9. The Morgan fingerprint density at radius 3 is 2.68 bits per heavy atom. The number of nitrogens with one attached hydrogen (secondary N) is 1. The second-order valence-electron chi connectivity index (χ2n) is 4.93. The first-order valence-corrected chi connectivity index (χ1v) is 6.78. The summed E-state index contributed by atoms with van der Waals surface area (Å²) in [6.07, 6.45) is 4.35. The molecule has 1 aromatic rings. The Hall–Kier alpha value is -1.49. The number of carbonyl (C=O) groups is 2. The van der Waals surface area contributed by atoms with Crippen LogP contribution in [0.1, 0.15) is 43.1 Å². The zero-order chi connectivity index (χ0) is 14.0. The number of carboxylic acids is 1. The zero-order valence-electron chi connectivity index (χ0n) is 10.8. The molecule has 2 N–H and O–H groups in total. The van der Waals surface area contributed by atoms with Gasteiger partial charge in [0.1, 0.15) is 11.2 Å². The summed E-state index contributed by atoms with van der Waals surface area (Å²) in [6.45, 7) is 2.68. The summed E-state index contributed by atoms with van der Waals surface area (Å²) >= 11 is 5.91. The van der Waals surface area contributed by atoms with Crippen LogP contribution in [-0.4, -0.2) is 27.1 Å². The van der Waals surface area contributed by atoms with Gasteiger partial charge in [0.15, 0.2) is 0 Å². The van der Waals surface area contributed by atoms with Gasteiger partial charge in [-0.15, -0.1) is 0 Å². The minimum absolute atomic E-state index is 0.373. The predicted octanol–water partition coefficient (Wildman–Crippen LogP) is 2.29. The third kappa shape index (κ3) is 2.61. The molecule has 1 amide bonds. The molecule has 6 heteroatoms. The molecule has 0 saturated heterocycles. The molecule has 5 nitrogen and oxygen atoms in total. The van der Waals surface area contributed by atoms with E-state index in [0.717, 1.165) is 12.8 Å². The van der Waals surface area contributed by atoms with E-state index in [1.807, 2.05) is 6.92 Å². The molecule has 0 radical (unpaired) electrons. The molecule has 0 unspecified atom stereocenters. The Morgan fingerprint density at radius 2 is 2.21 bits per heavy atom. The molecule has 19 heavy (non-hydrogen) atoms. The Morgan fingerprint density at radius 1 is 1.53 bits per heavy atom. The Balaban J connectivity index is 2.18. The van der Waals surface area contributed by atoms with Crippen molar-refractivity contribution < 1.29 is 14.7 Å². The van der Waals surface area contributed by atoms with Crippen LogP contribution in [0.4, 0.5) is 0 Å². The molecular formula is C13H17ClN2O3. The Labute approximate surface area is 116 Å². The van der Waals surface area contributed by atoms with Crippen molar-refractivity contribution in [2.24, 2.45) is 0 Å². The van der Waals surface area contributed by atoms with Gasteiger partial charge in [0.25, 0.3) is 5.91 Å². The van der Waals surface area contributed by atoms with E-state index in [1.165, 1.54) is 0 Å². The van der Waals surface area contributed by atoms with Crippen molar-refractivity contribution in [2.45, 2.75) is 44.7 Å². The van der Waals surface area contributed by atoms with Crippen LogP contribution in [0.25, 0.3) is 0 Å². The highest BCUT2D eigenvalue weighted by atomic mass is 35.5. The molecule has 104 valence electrons. The summed E-state index contributed by atoms with van der Waals surface area (Å²) in [7, 11) is 0. The number of aromatic nitrogens is 1. The average molecular weight is 285 g/mol. The van der Waals surface area contributed by atoms with Gasteiger partial charge in [-0.3, -0.25) is 4.79 Å². The summed E-state index contributed by atoms with van der Waals surface area (Å²) in [5.41, 5.74) is -0.676. The van der Waals surface area contributed by atoms with Gasteiger partial charge in [-0.25, -0.2) is 4.79 Å². The quantitative estimate of drug-likeness (QED) is 0.871. The molecule has 0 aliphatic heterocycles. The highest BCUT2D eigenvalue weighted by Crippen LogP contribution is 2.32. The van der Waals surface area contributed by atoms with Crippen molar-refractivity contribution in [1.82, 2.24) is 9.88 Å². The fraction of sp³-hybridized carbons (Fsp3) is 0.538. The summed E-state index contributed by atoms with van der Waals surface area (Å²) in [5, 5.41) is 12.3. The van der Waals surface area contributed by atoms with Crippen LogP contribution in [0.3, 0.4) is 0 Å². The SMILES string of the molecule is CCCn1cc(Cl)cc1C(=O)NC1(C(=O)O)CCC1. The molecule has 0 aromatic carbocycles. The number of amides is 1. The maximum absolute atomic E-state index is 12.2. The van der Waals surface area contributed by atoms with Crippen molar-refractivity contribution in [3.8, 4) is 0 Å². The minimum Gasteiger partial charge on any atom is -0.480 e. The molecule has 2 rings (SSSR count). The van der Waals surface area contributed by atoms with Crippen molar-refractivity contribution in [2.75, 3.05) is 0 Å². The van der Waals surface area contributed by atoms with Crippen LogP contribution >= 0.6 is 11.6 Å². The highest BCUT2D eigenvalue weighted by Gasteiger charge is 2.46. The summed E-state index contributed by atoms with van der Waals surface area (Å²) in [6, 6.07) is 1.57. The second kappa shape index (κ2) is 5.25. The second-order valence-corrected chi connectivity index (χ2v) is 5.37. The van der Waals surface area contributed by atoms with E-state index in [9.17, 15) is 14.7 Å². The Bertz CT molecular complexity index is 506. The van der Waals surface area contributed by atoms with Gasteiger partial charge in [0.2, 0.25) is 0 Å². The largest absolute Gasteiger partial charge is 0.480 e. The van der Waals surface area contributed by atoms with Crippen molar-refractivity contribution >= 4 is 23.5 Å². The molecule has 1 aromatic heterocycles. The van der Waals surface area contributed by atoms with Crippen LogP contribution in [0.2, 0.25) is 5.02 Å². The number of aryl methyl sites for hydroxylation is 1. The number of halogens is 1. The third-order valence-corrected chi connectivity index (χ3v) is 3.74. The minimum atomic E-state index is -1.09.